The number of likely N-dealkylation sites (N-methyl/N-ethyl adjacent to an activating group) is 2. The van der Waals surface area contributed by atoms with Crippen LogP contribution in [0.2, 0.25) is 0 Å². The molecule has 0 unspecified atom stereocenters. The zero-order valence-electron chi connectivity index (χ0n) is 10.2. The van der Waals surface area contributed by atoms with Crippen molar-refractivity contribution in [3.8, 4) is 0 Å². The number of rotatable bonds is 7. The molecule has 5 nitrogen and oxygen atoms in total. The zero-order valence-corrected chi connectivity index (χ0v) is 10.2. The number of hydrogen-bond acceptors (Lipinski definition) is 4. The van der Waals surface area contributed by atoms with Crippen LogP contribution >= 0.6 is 0 Å². The molecule has 0 atom stereocenters. The van der Waals surface area contributed by atoms with E-state index in [4.69, 9.17) is 5.73 Å². The van der Waals surface area contributed by atoms with Crippen LogP contribution in [-0.4, -0.2) is 52.0 Å². The van der Waals surface area contributed by atoms with Crippen LogP contribution in [0.25, 0.3) is 0 Å². The summed E-state index contributed by atoms with van der Waals surface area (Å²) >= 11 is 0. The van der Waals surface area contributed by atoms with Gasteiger partial charge in [-0.25, -0.2) is 0 Å². The van der Waals surface area contributed by atoms with Gasteiger partial charge in [0.1, 0.15) is 5.82 Å². The average molecular weight is 213 g/mol. The van der Waals surface area contributed by atoms with Gasteiger partial charge in [0, 0.05) is 33.7 Å². The summed E-state index contributed by atoms with van der Waals surface area (Å²) in [7, 11) is 5.70. The number of nitrogens with two attached hydrogens (primary N) is 1. The largest absolute Gasteiger partial charge is 0.360 e. The van der Waals surface area contributed by atoms with E-state index < -0.39 is 0 Å². The van der Waals surface area contributed by atoms with Gasteiger partial charge in [0.05, 0.1) is 6.34 Å². The number of aliphatic imine (C=N–C) groups is 1. The molecule has 0 bridgehead atoms. The molecule has 0 aliphatic rings. The molecule has 0 aromatic carbocycles. The lowest BCUT2D eigenvalue weighted by molar-refractivity contribution is 0.395. The Balaban J connectivity index is 4.48. The van der Waals surface area contributed by atoms with Gasteiger partial charge in [0.25, 0.3) is 0 Å². The highest BCUT2D eigenvalue weighted by Crippen LogP contribution is 2.02. The van der Waals surface area contributed by atoms with Gasteiger partial charge in [0.15, 0.2) is 0 Å². The maximum absolute atomic E-state index is 5.63. The molecule has 0 rings (SSSR count). The first-order valence-electron chi connectivity index (χ1n) is 5.10. The van der Waals surface area contributed by atoms with E-state index in [9.17, 15) is 0 Å². The highest BCUT2D eigenvalue weighted by molar-refractivity contribution is 5.57. The number of nitrogens with one attached hydrogen (secondary N) is 2. The second-order valence-electron chi connectivity index (χ2n) is 3.39. The predicted molar refractivity (Wildman–Crippen MR) is 65.9 cm³/mol. The minimum atomic E-state index is 0.545. The molecule has 5 heteroatoms. The van der Waals surface area contributed by atoms with Gasteiger partial charge in [-0.3, -0.25) is 4.99 Å². The molecule has 0 spiro atoms. The molecule has 0 aliphatic carbocycles. The molecule has 0 aliphatic heterocycles. The van der Waals surface area contributed by atoms with E-state index in [2.05, 4.69) is 20.5 Å². The molecule has 0 amide bonds. The molecular formula is C10H23N5. The van der Waals surface area contributed by atoms with Gasteiger partial charge in [-0.1, -0.05) is 0 Å². The van der Waals surface area contributed by atoms with Crippen molar-refractivity contribution in [3.63, 3.8) is 0 Å². The highest BCUT2D eigenvalue weighted by Gasteiger charge is 2.05. The summed E-state index contributed by atoms with van der Waals surface area (Å²) in [5.74, 6) is 1.03. The first-order valence-corrected chi connectivity index (χ1v) is 5.10. The van der Waals surface area contributed by atoms with Gasteiger partial charge in [-0.15, -0.1) is 0 Å². The maximum atomic E-state index is 5.63. The van der Waals surface area contributed by atoms with Crippen LogP contribution in [0.1, 0.15) is 6.92 Å². The van der Waals surface area contributed by atoms with Crippen LogP contribution in [0, 0.1) is 0 Å². The van der Waals surface area contributed by atoms with Crippen LogP contribution in [-0.2, 0) is 0 Å². The standard InChI is InChI=1S/C10H23N5/c1-9(7-11)10(14-8-13-3)15(4)6-5-12-2/h8,12H,5-7,11H2,1-4H3,(H,13,14)/b10-9+. The third kappa shape index (κ3) is 5.39. The normalized spacial score (nSPS) is 12.9. The number of hydrogen-bond donors (Lipinski definition) is 3. The van der Waals surface area contributed by atoms with Crippen molar-refractivity contribution in [3.05, 3.63) is 11.4 Å². The first kappa shape index (κ1) is 13.9. The Morgan fingerprint density at radius 1 is 1.53 bits per heavy atom. The molecule has 0 fully saturated rings. The summed E-state index contributed by atoms with van der Waals surface area (Å²) in [5.41, 5.74) is 6.75. The third-order valence-corrected chi connectivity index (χ3v) is 2.12. The molecule has 0 radical (unpaired) electrons. The summed E-state index contributed by atoms with van der Waals surface area (Å²) < 4.78 is 0. The minimum Gasteiger partial charge on any atom is -0.360 e. The molecule has 0 heterocycles. The average Bonchev–Trinajstić information content (AvgIpc) is 2.26. The van der Waals surface area contributed by atoms with Crippen LogP contribution in [0.5, 0.6) is 0 Å². The van der Waals surface area contributed by atoms with E-state index in [1.54, 1.807) is 13.4 Å². The van der Waals surface area contributed by atoms with E-state index in [0.717, 1.165) is 24.5 Å². The molecule has 0 aromatic heterocycles. The summed E-state index contributed by atoms with van der Waals surface area (Å²) in [6, 6.07) is 0. The third-order valence-electron chi connectivity index (χ3n) is 2.12. The lowest BCUT2D eigenvalue weighted by Crippen LogP contribution is -2.34. The van der Waals surface area contributed by atoms with Gasteiger partial charge in [-0.05, 0) is 19.5 Å². The number of nitrogens with zero attached hydrogens (tertiary/aromatic N) is 2. The van der Waals surface area contributed by atoms with Crippen LogP contribution in [0.3, 0.4) is 0 Å². The fourth-order valence-corrected chi connectivity index (χ4v) is 1.17. The van der Waals surface area contributed by atoms with Crippen molar-refractivity contribution < 1.29 is 0 Å². The van der Waals surface area contributed by atoms with E-state index in [0.29, 0.717) is 6.54 Å². The second-order valence-corrected chi connectivity index (χ2v) is 3.39. The van der Waals surface area contributed by atoms with Crippen molar-refractivity contribution in [2.75, 3.05) is 40.8 Å². The second kappa shape index (κ2) is 8.26. The Kier molecular flexibility index (Phi) is 7.67. The molecule has 0 aromatic rings. The van der Waals surface area contributed by atoms with Crippen molar-refractivity contribution in [2.45, 2.75) is 6.92 Å². The Morgan fingerprint density at radius 3 is 2.67 bits per heavy atom. The Hall–Kier alpha value is -1.07. The van der Waals surface area contributed by atoms with Crippen molar-refractivity contribution >= 4 is 6.34 Å². The lowest BCUT2D eigenvalue weighted by Gasteiger charge is -2.24. The molecule has 15 heavy (non-hydrogen) atoms. The summed E-state index contributed by atoms with van der Waals surface area (Å²) in [5, 5.41) is 6.24. The summed E-state index contributed by atoms with van der Waals surface area (Å²) in [6.07, 6.45) is 1.67. The molecular weight excluding hydrogens is 190 g/mol. The molecule has 0 saturated carbocycles. The first-order chi connectivity index (χ1) is 7.17. The molecule has 88 valence electrons. The van der Waals surface area contributed by atoms with E-state index >= 15 is 0 Å². The Labute approximate surface area is 92.4 Å². The minimum absolute atomic E-state index is 0.545. The van der Waals surface area contributed by atoms with Gasteiger partial charge in [-0.2, -0.15) is 0 Å². The molecule has 4 N–H and O–H groups in total. The van der Waals surface area contributed by atoms with Gasteiger partial charge < -0.3 is 21.3 Å². The fourth-order valence-electron chi connectivity index (χ4n) is 1.17. The lowest BCUT2D eigenvalue weighted by atomic mass is 10.3. The topological polar surface area (TPSA) is 65.7 Å². The predicted octanol–water partition coefficient (Wildman–Crippen LogP) is -0.424. The van der Waals surface area contributed by atoms with E-state index in [1.165, 1.54) is 0 Å². The monoisotopic (exact) mass is 213 g/mol. The van der Waals surface area contributed by atoms with Crippen molar-refractivity contribution in [1.82, 2.24) is 15.5 Å². The smallest absolute Gasteiger partial charge is 0.106 e. The summed E-state index contributed by atoms with van der Waals surface area (Å²) in [6.45, 7) is 4.42. The quantitative estimate of drug-likeness (QED) is 0.397. The SMILES string of the molecule is CN=CN/C(=C(/C)CN)N(C)CCNC. The van der Waals surface area contributed by atoms with Crippen molar-refractivity contribution in [1.29, 1.82) is 0 Å². The van der Waals surface area contributed by atoms with Crippen LogP contribution in [0.15, 0.2) is 16.4 Å². The van der Waals surface area contributed by atoms with E-state index in [1.807, 2.05) is 21.0 Å². The van der Waals surface area contributed by atoms with Crippen LogP contribution < -0.4 is 16.4 Å². The Bertz CT molecular complexity index is 222. The summed E-state index contributed by atoms with van der Waals surface area (Å²) in [4.78, 5) is 6.03. The van der Waals surface area contributed by atoms with Gasteiger partial charge in [0.2, 0.25) is 0 Å². The van der Waals surface area contributed by atoms with E-state index in [-0.39, 0.29) is 0 Å². The fraction of sp³-hybridized carbons (Fsp3) is 0.700. The maximum Gasteiger partial charge on any atom is 0.106 e. The zero-order chi connectivity index (χ0) is 11.7. The molecule has 0 saturated heterocycles. The highest BCUT2D eigenvalue weighted by atomic mass is 15.2. The van der Waals surface area contributed by atoms with Crippen molar-refractivity contribution in [2.24, 2.45) is 10.7 Å². The Morgan fingerprint density at radius 2 is 2.20 bits per heavy atom. The van der Waals surface area contributed by atoms with Crippen LogP contribution in [0.4, 0.5) is 0 Å². The van der Waals surface area contributed by atoms with Gasteiger partial charge >= 0.3 is 0 Å².